The van der Waals surface area contributed by atoms with Gasteiger partial charge in [-0.3, -0.25) is 9.78 Å². The Balaban J connectivity index is 2.92. The van der Waals surface area contributed by atoms with Crippen molar-refractivity contribution in [3.8, 4) is 0 Å². The second kappa shape index (κ2) is 4.35. The molecule has 0 saturated heterocycles. The summed E-state index contributed by atoms with van der Waals surface area (Å²) in [5, 5.41) is 11.4. The third-order valence-corrected chi connectivity index (χ3v) is 1.62. The van der Waals surface area contributed by atoms with E-state index in [1.807, 2.05) is 0 Å². The van der Waals surface area contributed by atoms with Crippen molar-refractivity contribution < 1.29 is 10.0 Å². The Kier molecular flexibility index (Phi) is 3.14. The SMILES string of the molecule is CCC(=NO)C(=O)c1ccccn1. The quantitative estimate of drug-likeness (QED) is 0.330. The van der Waals surface area contributed by atoms with Crippen LogP contribution in [0.4, 0.5) is 0 Å². The Bertz CT molecular complexity index is 320. The number of carbonyl (C=O) groups excluding carboxylic acids is 1. The second-order valence-electron chi connectivity index (χ2n) is 2.44. The van der Waals surface area contributed by atoms with Crippen LogP contribution in [0.25, 0.3) is 0 Å². The van der Waals surface area contributed by atoms with E-state index in [0.29, 0.717) is 12.1 Å². The van der Waals surface area contributed by atoms with E-state index < -0.39 is 0 Å². The predicted molar refractivity (Wildman–Crippen MR) is 48.1 cm³/mol. The summed E-state index contributed by atoms with van der Waals surface area (Å²) < 4.78 is 0. The number of hydrogen-bond donors (Lipinski definition) is 1. The molecule has 1 heterocycles. The highest BCUT2D eigenvalue weighted by molar-refractivity contribution is 6.45. The van der Waals surface area contributed by atoms with Crippen LogP contribution in [-0.2, 0) is 0 Å². The molecular weight excluding hydrogens is 168 g/mol. The lowest BCUT2D eigenvalue weighted by Crippen LogP contribution is -2.14. The number of ketones is 1. The lowest BCUT2D eigenvalue weighted by Gasteiger charge is -1.98. The van der Waals surface area contributed by atoms with E-state index in [0.717, 1.165) is 0 Å². The van der Waals surface area contributed by atoms with Crippen LogP contribution in [-0.4, -0.2) is 21.7 Å². The number of Topliss-reactive ketones (excluding diaryl/α,β-unsaturated/α-hetero) is 1. The summed E-state index contributed by atoms with van der Waals surface area (Å²) >= 11 is 0. The topological polar surface area (TPSA) is 62.6 Å². The molecule has 4 nitrogen and oxygen atoms in total. The summed E-state index contributed by atoms with van der Waals surface area (Å²) in [7, 11) is 0. The van der Waals surface area contributed by atoms with Crippen molar-refractivity contribution in [1.29, 1.82) is 0 Å². The van der Waals surface area contributed by atoms with Crippen LogP contribution >= 0.6 is 0 Å². The van der Waals surface area contributed by atoms with Crippen LogP contribution in [0.2, 0.25) is 0 Å². The van der Waals surface area contributed by atoms with Crippen molar-refractivity contribution >= 4 is 11.5 Å². The highest BCUT2D eigenvalue weighted by atomic mass is 16.4. The minimum Gasteiger partial charge on any atom is -0.411 e. The van der Waals surface area contributed by atoms with Crippen molar-refractivity contribution in [2.45, 2.75) is 13.3 Å². The third kappa shape index (κ3) is 2.11. The fourth-order valence-corrected chi connectivity index (χ4v) is 0.922. The minimum atomic E-state index is -0.328. The number of oxime groups is 1. The molecule has 0 aliphatic carbocycles. The first-order valence-corrected chi connectivity index (χ1v) is 3.96. The Morgan fingerprint density at radius 3 is 2.85 bits per heavy atom. The number of aromatic nitrogens is 1. The highest BCUT2D eigenvalue weighted by Crippen LogP contribution is 1.99. The van der Waals surface area contributed by atoms with Crippen LogP contribution in [0, 0.1) is 0 Å². The average Bonchev–Trinajstić information content (AvgIpc) is 2.21. The number of rotatable bonds is 3. The Morgan fingerprint density at radius 2 is 2.38 bits per heavy atom. The van der Waals surface area contributed by atoms with E-state index in [9.17, 15) is 4.79 Å². The molecule has 0 unspecified atom stereocenters. The van der Waals surface area contributed by atoms with Crippen molar-refractivity contribution in [3.05, 3.63) is 30.1 Å². The molecule has 0 amide bonds. The molecule has 0 radical (unpaired) electrons. The fraction of sp³-hybridized carbons (Fsp3) is 0.222. The van der Waals surface area contributed by atoms with Gasteiger partial charge in [-0.15, -0.1) is 0 Å². The predicted octanol–water partition coefficient (Wildman–Crippen LogP) is 1.50. The Labute approximate surface area is 75.9 Å². The smallest absolute Gasteiger partial charge is 0.228 e. The van der Waals surface area contributed by atoms with Crippen molar-refractivity contribution in [2.75, 3.05) is 0 Å². The van der Waals surface area contributed by atoms with E-state index in [2.05, 4.69) is 10.1 Å². The van der Waals surface area contributed by atoms with Gasteiger partial charge in [0.1, 0.15) is 11.4 Å². The van der Waals surface area contributed by atoms with Crippen LogP contribution < -0.4 is 0 Å². The maximum absolute atomic E-state index is 11.5. The molecular formula is C9H10N2O2. The molecule has 0 bridgehead atoms. The molecule has 0 saturated carbocycles. The molecule has 0 atom stereocenters. The third-order valence-electron chi connectivity index (χ3n) is 1.62. The van der Waals surface area contributed by atoms with E-state index in [4.69, 9.17) is 5.21 Å². The first-order chi connectivity index (χ1) is 6.29. The first kappa shape index (κ1) is 9.38. The summed E-state index contributed by atoms with van der Waals surface area (Å²) in [5.41, 5.74) is 0.427. The van der Waals surface area contributed by atoms with Crippen LogP contribution in [0.3, 0.4) is 0 Å². The average molecular weight is 178 g/mol. The van der Waals surface area contributed by atoms with Crippen molar-refractivity contribution in [2.24, 2.45) is 5.16 Å². The van der Waals surface area contributed by atoms with Crippen LogP contribution in [0.1, 0.15) is 23.8 Å². The normalized spacial score (nSPS) is 11.3. The molecule has 1 aromatic rings. The summed E-state index contributed by atoms with van der Waals surface area (Å²) in [6.07, 6.45) is 1.92. The zero-order valence-corrected chi connectivity index (χ0v) is 7.27. The molecule has 1 aromatic heterocycles. The van der Waals surface area contributed by atoms with Gasteiger partial charge in [0.25, 0.3) is 0 Å². The molecule has 68 valence electrons. The molecule has 4 heteroatoms. The minimum absolute atomic E-state index is 0.124. The molecule has 1 rings (SSSR count). The second-order valence-corrected chi connectivity index (χ2v) is 2.44. The monoisotopic (exact) mass is 178 g/mol. The van der Waals surface area contributed by atoms with Crippen molar-refractivity contribution in [1.82, 2.24) is 4.98 Å². The Morgan fingerprint density at radius 1 is 1.62 bits per heavy atom. The summed E-state index contributed by atoms with van der Waals surface area (Å²) in [4.78, 5) is 15.3. The Hall–Kier alpha value is -1.71. The van der Waals surface area contributed by atoms with Gasteiger partial charge in [-0.1, -0.05) is 18.1 Å². The summed E-state index contributed by atoms with van der Waals surface area (Å²) in [6.45, 7) is 1.75. The maximum Gasteiger partial charge on any atom is 0.228 e. The number of pyridine rings is 1. The van der Waals surface area contributed by atoms with Gasteiger partial charge in [0.05, 0.1) is 0 Å². The van der Waals surface area contributed by atoms with Gasteiger partial charge in [0.2, 0.25) is 5.78 Å². The molecule has 0 aromatic carbocycles. The molecule has 0 aliphatic heterocycles. The number of carbonyl (C=O) groups is 1. The van der Waals surface area contributed by atoms with Crippen molar-refractivity contribution in [3.63, 3.8) is 0 Å². The van der Waals surface area contributed by atoms with E-state index in [1.165, 1.54) is 6.20 Å². The maximum atomic E-state index is 11.5. The van der Waals surface area contributed by atoms with Crippen LogP contribution in [0.15, 0.2) is 29.6 Å². The molecule has 1 N–H and O–H groups in total. The number of nitrogens with zero attached hydrogens (tertiary/aromatic N) is 2. The lowest BCUT2D eigenvalue weighted by molar-refractivity contribution is 0.105. The fourth-order valence-electron chi connectivity index (χ4n) is 0.922. The van der Waals surface area contributed by atoms with Gasteiger partial charge >= 0.3 is 0 Å². The lowest BCUT2D eigenvalue weighted by atomic mass is 10.1. The zero-order valence-electron chi connectivity index (χ0n) is 7.27. The van der Waals surface area contributed by atoms with E-state index in [1.54, 1.807) is 25.1 Å². The number of hydrogen-bond acceptors (Lipinski definition) is 4. The van der Waals surface area contributed by atoms with Gasteiger partial charge in [0, 0.05) is 6.20 Å². The molecule has 0 fully saturated rings. The van der Waals surface area contributed by atoms with Gasteiger partial charge in [-0.2, -0.15) is 0 Å². The van der Waals surface area contributed by atoms with Gasteiger partial charge in [-0.25, -0.2) is 0 Å². The summed E-state index contributed by atoms with van der Waals surface area (Å²) in [5.74, 6) is -0.328. The summed E-state index contributed by atoms with van der Waals surface area (Å²) in [6, 6.07) is 5.02. The van der Waals surface area contributed by atoms with Crippen LogP contribution in [0.5, 0.6) is 0 Å². The molecule has 13 heavy (non-hydrogen) atoms. The standard InChI is InChI=1S/C9H10N2O2/c1-2-7(11-13)9(12)8-5-3-4-6-10-8/h3-6,13H,2H2,1H3. The van der Waals surface area contributed by atoms with E-state index >= 15 is 0 Å². The molecule has 0 spiro atoms. The van der Waals surface area contributed by atoms with E-state index in [-0.39, 0.29) is 11.5 Å². The van der Waals surface area contributed by atoms with Gasteiger partial charge < -0.3 is 5.21 Å². The molecule has 0 aliphatic rings. The zero-order chi connectivity index (χ0) is 9.68. The van der Waals surface area contributed by atoms with Gasteiger partial charge in [-0.05, 0) is 18.6 Å². The largest absolute Gasteiger partial charge is 0.411 e. The first-order valence-electron chi connectivity index (χ1n) is 3.96. The highest BCUT2D eigenvalue weighted by Gasteiger charge is 2.12. The van der Waals surface area contributed by atoms with Gasteiger partial charge in [0.15, 0.2) is 0 Å².